The summed E-state index contributed by atoms with van der Waals surface area (Å²) in [5.74, 6) is 0. The number of nitrogens with zero attached hydrogens (tertiary/aromatic N) is 1. The highest BCUT2D eigenvalue weighted by Crippen LogP contribution is 2.29. The summed E-state index contributed by atoms with van der Waals surface area (Å²) in [4.78, 5) is 2.73. The van der Waals surface area contributed by atoms with Crippen LogP contribution in [0.3, 0.4) is 0 Å². The second-order valence-electron chi connectivity index (χ2n) is 6.45. The quantitative estimate of drug-likeness (QED) is 0.879. The van der Waals surface area contributed by atoms with Crippen molar-refractivity contribution in [1.82, 2.24) is 10.2 Å². The normalized spacial score (nSPS) is 29.3. The fourth-order valence-corrected chi connectivity index (χ4v) is 3.49. The van der Waals surface area contributed by atoms with E-state index in [0.29, 0.717) is 12.1 Å². The van der Waals surface area contributed by atoms with Crippen LogP contribution in [-0.4, -0.2) is 30.1 Å². The first kappa shape index (κ1) is 15.5. The van der Waals surface area contributed by atoms with Gasteiger partial charge < -0.3 is 5.32 Å². The highest BCUT2D eigenvalue weighted by atomic mass is 15.3. The standard InChI is InChI=1S/C18H30N2/c1-5-10-15(3)20-14-18(4,19-13-17(20)6-2)16-11-8-7-9-12-16/h7-9,11-12,15,17,19H,5-6,10,13-14H2,1-4H3. The van der Waals surface area contributed by atoms with Crippen LogP contribution in [0.4, 0.5) is 0 Å². The van der Waals surface area contributed by atoms with Gasteiger partial charge in [-0.05, 0) is 32.3 Å². The van der Waals surface area contributed by atoms with Gasteiger partial charge in [0.15, 0.2) is 0 Å². The van der Waals surface area contributed by atoms with Gasteiger partial charge in [0.25, 0.3) is 0 Å². The Morgan fingerprint density at radius 3 is 2.60 bits per heavy atom. The van der Waals surface area contributed by atoms with Crippen molar-refractivity contribution in [2.45, 2.75) is 64.6 Å². The topological polar surface area (TPSA) is 15.3 Å². The van der Waals surface area contributed by atoms with Gasteiger partial charge in [-0.2, -0.15) is 0 Å². The maximum absolute atomic E-state index is 3.80. The molecule has 2 heteroatoms. The summed E-state index contributed by atoms with van der Waals surface area (Å²) in [5.41, 5.74) is 1.48. The lowest BCUT2D eigenvalue weighted by atomic mass is 9.86. The van der Waals surface area contributed by atoms with E-state index in [1.165, 1.54) is 24.8 Å². The summed E-state index contributed by atoms with van der Waals surface area (Å²) in [6.07, 6.45) is 3.79. The minimum atomic E-state index is 0.0783. The van der Waals surface area contributed by atoms with E-state index in [2.05, 4.69) is 68.2 Å². The molecule has 1 aromatic carbocycles. The van der Waals surface area contributed by atoms with E-state index in [1.54, 1.807) is 0 Å². The van der Waals surface area contributed by atoms with Crippen molar-refractivity contribution in [2.75, 3.05) is 13.1 Å². The minimum absolute atomic E-state index is 0.0783. The maximum Gasteiger partial charge on any atom is 0.0535 e. The van der Waals surface area contributed by atoms with E-state index in [0.717, 1.165) is 13.1 Å². The van der Waals surface area contributed by atoms with Gasteiger partial charge in [-0.15, -0.1) is 0 Å². The van der Waals surface area contributed by atoms with Gasteiger partial charge in [0.1, 0.15) is 0 Å². The van der Waals surface area contributed by atoms with E-state index < -0.39 is 0 Å². The second-order valence-corrected chi connectivity index (χ2v) is 6.45. The van der Waals surface area contributed by atoms with Crippen LogP contribution in [0.25, 0.3) is 0 Å². The number of hydrogen-bond donors (Lipinski definition) is 1. The van der Waals surface area contributed by atoms with Crippen molar-refractivity contribution >= 4 is 0 Å². The molecule has 1 fully saturated rings. The number of piperazine rings is 1. The predicted octanol–water partition coefficient (Wildman–Crippen LogP) is 3.77. The van der Waals surface area contributed by atoms with Gasteiger partial charge >= 0.3 is 0 Å². The molecule has 0 bridgehead atoms. The maximum atomic E-state index is 3.80. The van der Waals surface area contributed by atoms with E-state index >= 15 is 0 Å². The summed E-state index contributed by atoms with van der Waals surface area (Å²) in [6.45, 7) is 11.5. The molecule has 0 aliphatic carbocycles. The lowest BCUT2D eigenvalue weighted by molar-refractivity contribution is 0.0468. The van der Waals surface area contributed by atoms with Crippen LogP contribution >= 0.6 is 0 Å². The Hall–Kier alpha value is -0.860. The van der Waals surface area contributed by atoms with E-state index in [4.69, 9.17) is 0 Å². The Morgan fingerprint density at radius 1 is 1.30 bits per heavy atom. The van der Waals surface area contributed by atoms with Crippen molar-refractivity contribution in [3.8, 4) is 0 Å². The Balaban J connectivity index is 2.18. The van der Waals surface area contributed by atoms with Crippen LogP contribution in [0.5, 0.6) is 0 Å². The molecule has 1 aromatic rings. The number of benzene rings is 1. The Labute approximate surface area is 124 Å². The Bertz CT molecular complexity index is 403. The molecule has 1 aliphatic heterocycles. The first-order valence-corrected chi connectivity index (χ1v) is 8.17. The van der Waals surface area contributed by atoms with Crippen LogP contribution in [0.2, 0.25) is 0 Å². The molecule has 20 heavy (non-hydrogen) atoms. The highest BCUT2D eigenvalue weighted by molar-refractivity contribution is 5.25. The predicted molar refractivity (Wildman–Crippen MR) is 87.0 cm³/mol. The van der Waals surface area contributed by atoms with Crippen molar-refractivity contribution in [2.24, 2.45) is 0 Å². The monoisotopic (exact) mass is 274 g/mol. The average molecular weight is 274 g/mol. The molecule has 112 valence electrons. The van der Waals surface area contributed by atoms with Crippen molar-refractivity contribution in [3.63, 3.8) is 0 Å². The van der Waals surface area contributed by atoms with Crippen molar-refractivity contribution < 1.29 is 0 Å². The molecule has 1 heterocycles. The summed E-state index contributed by atoms with van der Waals surface area (Å²) in [5, 5.41) is 3.80. The lowest BCUT2D eigenvalue weighted by Gasteiger charge is -2.49. The first-order valence-electron chi connectivity index (χ1n) is 8.17. The molecule has 1 aliphatic rings. The summed E-state index contributed by atoms with van der Waals surface area (Å²) >= 11 is 0. The molecular formula is C18H30N2. The number of rotatable bonds is 5. The molecule has 0 spiro atoms. The number of nitrogens with one attached hydrogen (secondary N) is 1. The molecule has 1 saturated heterocycles. The third-order valence-corrected chi connectivity index (χ3v) is 4.85. The minimum Gasteiger partial charge on any atom is -0.305 e. The van der Waals surface area contributed by atoms with Crippen LogP contribution in [0.15, 0.2) is 30.3 Å². The van der Waals surface area contributed by atoms with Gasteiger partial charge in [-0.1, -0.05) is 50.6 Å². The van der Waals surface area contributed by atoms with Gasteiger partial charge in [0, 0.05) is 25.2 Å². The SMILES string of the molecule is CCCC(C)N1CC(C)(c2ccccc2)NCC1CC. The fourth-order valence-electron chi connectivity index (χ4n) is 3.49. The molecule has 0 saturated carbocycles. The average Bonchev–Trinajstić information content (AvgIpc) is 2.48. The molecule has 2 rings (SSSR count). The molecular weight excluding hydrogens is 244 g/mol. The third kappa shape index (κ3) is 3.24. The van der Waals surface area contributed by atoms with Crippen molar-refractivity contribution in [1.29, 1.82) is 0 Å². The van der Waals surface area contributed by atoms with Gasteiger partial charge in [0.2, 0.25) is 0 Å². The van der Waals surface area contributed by atoms with Gasteiger partial charge in [0.05, 0.1) is 5.54 Å². The lowest BCUT2D eigenvalue weighted by Crippen LogP contribution is -2.62. The summed E-state index contributed by atoms with van der Waals surface area (Å²) < 4.78 is 0. The third-order valence-electron chi connectivity index (χ3n) is 4.85. The molecule has 2 nitrogen and oxygen atoms in total. The van der Waals surface area contributed by atoms with Crippen LogP contribution in [0.1, 0.15) is 52.5 Å². The van der Waals surface area contributed by atoms with E-state index in [9.17, 15) is 0 Å². The summed E-state index contributed by atoms with van der Waals surface area (Å²) in [6, 6.07) is 12.2. The highest BCUT2D eigenvalue weighted by Gasteiger charge is 2.37. The zero-order valence-corrected chi connectivity index (χ0v) is 13.5. The zero-order valence-electron chi connectivity index (χ0n) is 13.5. The zero-order chi connectivity index (χ0) is 14.6. The Kier molecular flexibility index (Phi) is 5.22. The van der Waals surface area contributed by atoms with Gasteiger partial charge in [-0.3, -0.25) is 4.90 Å². The molecule has 1 N–H and O–H groups in total. The molecule has 0 radical (unpaired) electrons. The number of hydrogen-bond acceptors (Lipinski definition) is 2. The van der Waals surface area contributed by atoms with Crippen LogP contribution < -0.4 is 5.32 Å². The first-order chi connectivity index (χ1) is 9.60. The van der Waals surface area contributed by atoms with Gasteiger partial charge in [-0.25, -0.2) is 0 Å². The van der Waals surface area contributed by atoms with Crippen LogP contribution in [-0.2, 0) is 5.54 Å². The van der Waals surface area contributed by atoms with E-state index in [-0.39, 0.29) is 5.54 Å². The second kappa shape index (κ2) is 6.73. The summed E-state index contributed by atoms with van der Waals surface area (Å²) in [7, 11) is 0. The van der Waals surface area contributed by atoms with Crippen molar-refractivity contribution in [3.05, 3.63) is 35.9 Å². The smallest absolute Gasteiger partial charge is 0.0535 e. The largest absolute Gasteiger partial charge is 0.305 e. The molecule has 3 atom stereocenters. The molecule has 0 aromatic heterocycles. The Morgan fingerprint density at radius 2 is 2.00 bits per heavy atom. The molecule has 0 amide bonds. The molecule has 3 unspecified atom stereocenters. The van der Waals surface area contributed by atoms with Crippen LogP contribution in [0, 0.1) is 0 Å². The fraction of sp³-hybridized carbons (Fsp3) is 0.667. The van der Waals surface area contributed by atoms with E-state index in [1.807, 2.05) is 0 Å².